The summed E-state index contributed by atoms with van der Waals surface area (Å²) < 4.78 is 352. The van der Waals surface area contributed by atoms with E-state index in [1.807, 2.05) is 47.3 Å². The predicted octanol–water partition coefficient (Wildman–Crippen LogP) is 13.0. The number of allylic oxidation sites excluding steroid dienone is 1. The number of fused-ring (bicyclic) bond motifs is 1. The van der Waals surface area contributed by atoms with Crippen molar-refractivity contribution in [1.82, 2.24) is 0 Å². The van der Waals surface area contributed by atoms with E-state index >= 15 is 0 Å². The predicted molar refractivity (Wildman–Crippen MR) is 231 cm³/mol. The van der Waals surface area contributed by atoms with Crippen LogP contribution in [0.4, 0.5) is 105 Å². The van der Waals surface area contributed by atoms with Gasteiger partial charge in [0.1, 0.15) is 11.7 Å². The number of ether oxygens (including phenoxy) is 2. The highest BCUT2D eigenvalue weighted by Crippen LogP contribution is 2.41. The van der Waals surface area contributed by atoms with Crippen LogP contribution in [-0.4, -0.2) is 32.3 Å². The zero-order valence-corrected chi connectivity index (χ0v) is 39.4. The number of rotatable bonds is 8. The molecule has 0 radical (unpaired) electrons. The van der Waals surface area contributed by atoms with Crippen molar-refractivity contribution in [2.75, 3.05) is 14.2 Å². The molecule has 5 aromatic carbocycles. The van der Waals surface area contributed by atoms with E-state index in [-0.39, 0.29) is 5.57 Å². The van der Waals surface area contributed by atoms with Crippen LogP contribution in [0.3, 0.4) is 0 Å². The molecule has 1 heterocycles. The largest absolute Gasteiger partial charge is 0.465 e. The number of carbonyl (C=O) groups is 2. The number of hydrogen-bond acceptors (Lipinski definition) is 4. The molecule has 0 unspecified atom stereocenters. The van der Waals surface area contributed by atoms with Gasteiger partial charge in [-0.2, -0.15) is 127 Å². The molecule has 0 saturated heterocycles. The van der Waals surface area contributed by atoms with Gasteiger partial charge in [0.05, 0.1) is 58.7 Å². The summed E-state index contributed by atoms with van der Waals surface area (Å²) in [6, 6.07) is 1.14. The number of alkyl halides is 24. The van der Waals surface area contributed by atoms with Gasteiger partial charge in [-0.05, 0) is 42.6 Å². The summed E-state index contributed by atoms with van der Waals surface area (Å²) in [5.41, 5.74) is -29.7. The van der Waals surface area contributed by atoms with E-state index in [2.05, 4.69) is 9.47 Å². The maximum atomic E-state index is 14.2. The van der Waals surface area contributed by atoms with E-state index in [0.29, 0.717) is 12.1 Å². The third-order valence-corrected chi connectivity index (χ3v) is 11.8. The summed E-state index contributed by atoms with van der Waals surface area (Å²) >= 11 is 0. The first-order chi connectivity index (χ1) is 35.8. The minimum atomic E-state index is -6.13. The van der Waals surface area contributed by atoms with Gasteiger partial charge in [0.2, 0.25) is 0 Å². The van der Waals surface area contributed by atoms with E-state index in [9.17, 15) is 115 Å². The van der Waals surface area contributed by atoms with Gasteiger partial charge in [-0.15, -0.1) is 0 Å². The number of carbonyl (C=O) groups excluding carboxylic acids is 2. The fraction of sp³-hybridized carbons (Fsp3) is 0.245. The molecule has 5 nitrogen and oxygen atoms in total. The Morgan fingerprint density at radius 3 is 0.861 bits per heavy atom. The van der Waals surface area contributed by atoms with Crippen LogP contribution in [0.1, 0.15) is 51.4 Å². The van der Waals surface area contributed by atoms with E-state index in [1.54, 1.807) is 6.92 Å². The van der Waals surface area contributed by atoms with Crippen molar-refractivity contribution < 1.29 is 129 Å². The molecule has 0 amide bonds. The fourth-order valence-corrected chi connectivity index (χ4v) is 8.34. The minimum Gasteiger partial charge on any atom is -0.465 e. The number of hydrogen-bond donors (Lipinski definition) is 0. The zero-order valence-electron chi connectivity index (χ0n) is 39.4. The highest BCUT2D eigenvalue weighted by atomic mass is 19.4. The first-order valence-electron chi connectivity index (χ1n) is 21.4. The molecule has 0 bridgehead atoms. The van der Waals surface area contributed by atoms with Gasteiger partial charge in [-0.1, -0.05) is 66.7 Å². The van der Waals surface area contributed by atoms with Crippen LogP contribution in [0.5, 0.6) is 0 Å². The molecule has 0 aliphatic carbocycles. The number of pyridine rings is 1. The Kier molecular flexibility index (Phi) is 17.1. The summed E-state index contributed by atoms with van der Waals surface area (Å²) in [5, 5.41) is 2.21. The molecule has 0 atom stereocenters. The SMILES string of the molecule is COC(=O)C(C(=O)OC)=C(C)C[n+]1ccc2ccccc2c1.FC(F)(F)c1cc([B-](c2cc(C(F)(F)F)cc(C(F)(F)F)c2)(c2cc(C(F)(F)F)cc(C(F)(F)F)c2)c2cc(C(F)(F)F)cc(C(F)(F)F)c2)cc(C(F)(F)F)c1. The molecule has 79 heavy (non-hydrogen) atoms. The summed E-state index contributed by atoms with van der Waals surface area (Å²) in [6.07, 6.45) is -50.9. The van der Waals surface area contributed by atoms with Crippen molar-refractivity contribution in [2.45, 2.75) is 62.9 Å². The Hall–Kier alpha value is -7.43. The van der Waals surface area contributed by atoms with Crippen molar-refractivity contribution in [1.29, 1.82) is 0 Å². The minimum absolute atomic E-state index is 0.0642. The maximum absolute atomic E-state index is 14.2. The Balaban J connectivity index is 0.000000433. The van der Waals surface area contributed by atoms with Crippen LogP contribution in [0.2, 0.25) is 0 Å². The van der Waals surface area contributed by atoms with E-state index in [0.717, 1.165) is 10.8 Å². The van der Waals surface area contributed by atoms with Crippen molar-refractivity contribution >= 4 is 50.7 Å². The van der Waals surface area contributed by atoms with Crippen molar-refractivity contribution in [2.24, 2.45) is 0 Å². The molecule has 0 aliphatic heterocycles. The second kappa shape index (κ2) is 21.7. The molecular weight excluding hydrogens is 1130 g/mol. The zero-order chi connectivity index (χ0) is 60.0. The number of aromatic nitrogens is 1. The Morgan fingerprint density at radius 2 is 0.633 bits per heavy atom. The highest BCUT2D eigenvalue weighted by Gasteiger charge is 2.47. The summed E-state index contributed by atoms with van der Waals surface area (Å²) in [6.45, 7) is 2.11. The normalized spacial score (nSPS) is 13.2. The topological polar surface area (TPSA) is 56.5 Å². The maximum Gasteiger partial charge on any atom is 0.416 e. The molecule has 0 spiro atoms. The van der Waals surface area contributed by atoms with Gasteiger partial charge in [0.25, 0.3) is 0 Å². The molecule has 1 aromatic heterocycles. The van der Waals surface area contributed by atoms with Crippen LogP contribution >= 0.6 is 0 Å². The van der Waals surface area contributed by atoms with Gasteiger partial charge >= 0.3 is 61.3 Å². The number of methoxy groups -OCH3 is 2. The summed E-state index contributed by atoms with van der Waals surface area (Å²) in [5.74, 6) is -1.38. The molecular formula is C49H30BF24NO4. The highest BCUT2D eigenvalue weighted by molar-refractivity contribution is 7.20. The monoisotopic (exact) mass is 1160 g/mol. The van der Waals surface area contributed by atoms with Crippen molar-refractivity contribution in [3.05, 3.63) is 171 Å². The Bertz CT molecular complexity index is 2830. The average Bonchev–Trinajstić information content (AvgIpc) is 3.36. The third kappa shape index (κ3) is 14.3. The average molecular weight is 1160 g/mol. The smallest absolute Gasteiger partial charge is 0.416 e. The lowest BCUT2D eigenvalue weighted by Crippen LogP contribution is -2.75. The first kappa shape index (κ1) is 62.4. The number of benzene rings is 5. The Labute approximate surface area is 427 Å². The second-order valence-electron chi connectivity index (χ2n) is 17.1. The summed E-state index contributed by atoms with van der Waals surface area (Å²) in [7, 11) is 2.48. The Morgan fingerprint density at radius 1 is 0.392 bits per heavy atom. The molecule has 0 aliphatic rings. The van der Waals surface area contributed by atoms with Gasteiger partial charge in [-0.3, -0.25) is 0 Å². The lowest BCUT2D eigenvalue weighted by atomic mass is 9.12. The van der Waals surface area contributed by atoms with Crippen molar-refractivity contribution in [3.63, 3.8) is 0 Å². The molecule has 0 saturated carbocycles. The van der Waals surface area contributed by atoms with E-state index in [1.165, 1.54) is 14.2 Å². The first-order valence-corrected chi connectivity index (χ1v) is 21.4. The fourth-order valence-electron chi connectivity index (χ4n) is 8.34. The number of esters is 2. The van der Waals surface area contributed by atoms with E-state index in [4.69, 9.17) is 0 Å². The lowest BCUT2D eigenvalue weighted by molar-refractivity contribution is -0.687. The summed E-state index contributed by atoms with van der Waals surface area (Å²) in [4.78, 5) is 23.5. The molecule has 0 fully saturated rings. The third-order valence-electron chi connectivity index (χ3n) is 11.8. The van der Waals surface area contributed by atoms with Crippen LogP contribution in [0, 0.1) is 0 Å². The number of halogens is 24. The van der Waals surface area contributed by atoms with E-state index < -0.39 is 207 Å². The molecule has 30 heteroatoms. The van der Waals surface area contributed by atoms with Crippen LogP contribution < -0.4 is 26.4 Å². The molecule has 6 rings (SSSR count). The van der Waals surface area contributed by atoms with Crippen LogP contribution in [-0.2, 0) is 75.0 Å². The van der Waals surface area contributed by atoms with Gasteiger partial charge in [0.15, 0.2) is 18.9 Å². The standard InChI is InChI=1S/C32H12BF24.C17H18NO4/c34-25(35,36)13-1-14(26(37,38)39)6-21(5-13)33(22-7-15(27(40,41)42)2-16(8-22)28(43,44)45,23-9-17(29(46,47)48)3-18(10-23)30(49,50)51)24-11-19(31(52,53)54)4-20(12-24)32(55,56)57;1-12(15(16(19)21-2)17(20)22-3)10-18-9-8-13-6-4-5-7-14(13)11-18/h1-12H;4-9,11H,10H2,1-3H3/q-1;+1. The van der Waals surface area contributed by atoms with Gasteiger partial charge in [0, 0.05) is 17.0 Å². The second-order valence-corrected chi connectivity index (χ2v) is 17.1. The van der Waals surface area contributed by atoms with Crippen LogP contribution in [0.15, 0.2) is 127 Å². The molecule has 6 aromatic rings. The van der Waals surface area contributed by atoms with Gasteiger partial charge in [-0.25, -0.2) is 14.2 Å². The molecule has 426 valence electrons. The quantitative estimate of drug-likeness (QED) is 0.0290. The van der Waals surface area contributed by atoms with Crippen molar-refractivity contribution in [3.8, 4) is 0 Å². The molecule has 0 N–H and O–H groups in total. The van der Waals surface area contributed by atoms with Gasteiger partial charge < -0.3 is 9.47 Å². The number of nitrogens with zero attached hydrogens (tertiary/aromatic N) is 1. The lowest BCUT2D eigenvalue weighted by Gasteiger charge is -2.46. The van der Waals surface area contributed by atoms with Crippen LogP contribution in [0.25, 0.3) is 10.8 Å².